The second-order valence-corrected chi connectivity index (χ2v) is 2.72. The fraction of sp³-hybridized carbons (Fsp3) is 0.125. The number of rotatable bonds is 1. The average molecular weight is 177 g/mol. The molecule has 0 amide bonds. The lowest BCUT2D eigenvalue weighted by Crippen LogP contribution is -1.94. The van der Waals surface area contributed by atoms with Crippen LogP contribution in [0.5, 0.6) is 0 Å². The molecule has 0 aliphatic heterocycles. The molecule has 13 heavy (non-hydrogen) atoms. The topological polar surface area (TPSA) is 68.0 Å². The molecule has 0 saturated carbocycles. The Bertz CT molecular complexity index is 475. The smallest absolute Gasteiger partial charge is 0.337 e. The lowest BCUT2D eigenvalue weighted by Gasteiger charge is -1.90. The van der Waals surface area contributed by atoms with Crippen molar-refractivity contribution in [2.45, 2.75) is 0 Å². The number of carboxylic acid groups (broad SMARTS) is 1. The molecule has 66 valence electrons. The lowest BCUT2D eigenvalue weighted by molar-refractivity contribution is 0.0699. The highest BCUT2D eigenvalue weighted by Gasteiger charge is 2.12. The van der Waals surface area contributed by atoms with E-state index in [-0.39, 0.29) is 5.56 Å². The van der Waals surface area contributed by atoms with Crippen LogP contribution < -0.4 is 0 Å². The van der Waals surface area contributed by atoms with Crippen LogP contribution in [-0.4, -0.2) is 25.6 Å². The minimum atomic E-state index is -0.958. The third kappa shape index (κ3) is 1.05. The average Bonchev–Trinajstić information content (AvgIpc) is 2.45. The zero-order valence-corrected chi connectivity index (χ0v) is 6.93. The monoisotopic (exact) mass is 177 g/mol. The normalized spacial score (nSPS) is 10.5. The Balaban J connectivity index is 2.85. The minimum Gasteiger partial charge on any atom is -0.478 e. The van der Waals surface area contributed by atoms with Crippen molar-refractivity contribution < 1.29 is 9.90 Å². The summed E-state index contributed by atoms with van der Waals surface area (Å²) < 4.78 is 1.67. The van der Waals surface area contributed by atoms with Gasteiger partial charge in [0.2, 0.25) is 0 Å². The molecular formula is C8H7N3O2. The molecule has 2 rings (SSSR count). The van der Waals surface area contributed by atoms with Crippen molar-refractivity contribution >= 4 is 17.0 Å². The van der Waals surface area contributed by atoms with Gasteiger partial charge in [0, 0.05) is 19.4 Å². The van der Waals surface area contributed by atoms with Crippen LogP contribution in [0, 0.1) is 0 Å². The molecule has 0 saturated heterocycles. The Hall–Kier alpha value is -1.91. The number of carboxylic acids is 1. The molecule has 0 spiro atoms. The molecule has 0 atom stereocenters. The van der Waals surface area contributed by atoms with Crippen molar-refractivity contribution in [1.82, 2.24) is 14.5 Å². The predicted molar refractivity (Wildman–Crippen MR) is 45.5 cm³/mol. The molecule has 2 aromatic heterocycles. The van der Waals surface area contributed by atoms with Gasteiger partial charge in [-0.1, -0.05) is 0 Å². The van der Waals surface area contributed by atoms with Crippen molar-refractivity contribution in [3.05, 3.63) is 24.3 Å². The van der Waals surface area contributed by atoms with Crippen molar-refractivity contribution in [1.29, 1.82) is 0 Å². The maximum absolute atomic E-state index is 10.8. The van der Waals surface area contributed by atoms with Crippen LogP contribution in [0.4, 0.5) is 0 Å². The SMILES string of the molecule is Cn1cc(C(=O)O)c2cncnc21. The van der Waals surface area contributed by atoms with E-state index in [2.05, 4.69) is 9.97 Å². The number of hydrogen-bond acceptors (Lipinski definition) is 3. The number of aromatic nitrogens is 3. The zero-order valence-electron chi connectivity index (χ0n) is 6.93. The van der Waals surface area contributed by atoms with E-state index in [9.17, 15) is 4.79 Å². The van der Waals surface area contributed by atoms with Gasteiger partial charge in [0.1, 0.15) is 12.0 Å². The van der Waals surface area contributed by atoms with Crippen LogP contribution in [0.25, 0.3) is 11.0 Å². The van der Waals surface area contributed by atoms with Gasteiger partial charge in [-0.25, -0.2) is 14.8 Å². The van der Waals surface area contributed by atoms with Crippen LogP contribution in [0.2, 0.25) is 0 Å². The fourth-order valence-corrected chi connectivity index (χ4v) is 1.29. The van der Waals surface area contributed by atoms with Crippen LogP contribution in [-0.2, 0) is 7.05 Å². The van der Waals surface area contributed by atoms with Gasteiger partial charge in [0.05, 0.1) is 10.9 Å². The van der Waals surface area contributed by atoms with Gasteiger partial charge in [-0.05, 0) is 0 Å². The summed E-state index contributed by atoms with van der Waals surface area (Å²) in [6.45, 7) is 0. The standard InChI is InChI=1S/C8H7N3O2/c1-11-3-6(8(12)13)5-2-9-4-10-7(5)11/h2-4H,1H3,(H,12,13). The van der Waals surface area contributed by atoms with Gasteiger partial charge >= 0.3 is 5.97 Å². The maximum Gasteiger partial charge on any atom is 0.337 e. The highest BCUT2D eigenvalue weighted by Crippen LogP contribution is 2.16. The zero-order chi connectivity index (χ0) is 9.42. The van der Waals surface area contributed by atoms with E-state index in [4.69, 9.17) is 5.11 Å². The molecule has 0 aliphatic rings. The van der Waals surface area contributed by atoms with Crippen LogP contribution >= 0.6 is 0 Å². The molecule has 0 aliphatic carbocycles. The molecular weight excluding hydrogens is 170 g/mol. The summed E-state index contributed by atoms with van der Waals surface area (Å²) in [7, 11) is 1.75. The summed E-state index contributed by atoms with van der Waals surface area (Å²) >= 11 is 0. The first-order chi connectivity index (χ1) is 6.20. The third-order valence-electron chi connectivity index (χ3n) is 1.87. The quantitative estimate of drug-likeness (QED) is 0.695. The Morgan fingerprint density at radius 1 is 1.62 bits per heavy atom. The first-order valence-electron chi connectivity index (χ1n) is 3.68. The van der Waals surface area contributed by atoms with Crippen LogP contribution in [0.1, 0.15) is 10.4 Å². The Morgan fingerprint density at radius 3 is 3.08 bits per heavy atom. The molecule has 0 fully saturated rings. The van der Waals surface area contributed by atoms with E-state index in [1.165, 1.54) is 18.7 Å². The molecule has 5 nitrogen and oxygen atoms in total. The van der Waals surface area contributed by atoms with Crippen molar-refractivity contribution in [2.75, 3.05) is 0 Å². The number of carbonyl (C=O) groups is 1. The highest BCUT2D eigenvalue weighted by molar-refractivity contribution is 6.01. The Morgan fingerprint density at radius 2 is 2.38 bits per heavy atom. The second kappa shape index (κ2) is 2.55. The molecule has 2 heterocycles. The van der Waals surface area contributed by atoms with Gasteiger partial charge in [-0.2, -0.15) is 0 Å². The molecule has 1 N–H and O–H groups in total. The van der Waals surface area contributed by atoms with Gasteiger partial charge in [0.15, 0.2) is 0 Å². The summed E-state index contributed by atoms with van der Waals surface area (Å²) in [6.07, 6.45) is 4.43. The van der Waals surface area contributed by atoms with Crippen molar-refractivity contribution in [2.24, 2.45) is 7.05 Å². The summed E-state index contributed by atoms with van der Waals surface area (Å²) in [5, 5.41) is 9.39. The summed E-state index contributed by atoms with van der Waals surface area (Å²) in [4.78, 5) is 18.5. The maximum atomic E-state index is 10.8. The number of aryl methyl sites for hydroxylation is 1. The van der Waals surface area contributed by atoms with E-state index in [0.717, 1.165) is 0 Å². The number of aromatic carboxylic acids is 1. The molecule has 0 bridgehead atoms. The molecule has 2 aromatic rings. The summed E-state index contributed by atoms with van der Waals surface area (Å²) in [6, 6.07) is 0. The van der Waals surface area contributed by atoms with Crippen LogP contribution in [0.15, 0.2) is 18.7 Å². The number of hydrogen-bond donors (Lipinski definition) is 1. The minimum absolute atomic E-state index is 0.234. The summed E-state index contributed by atoms with van der Waals surface area (Å²) in [5.41, 5.74) is 0.866. The first-order valence-corrected chi connectivity index (χ1v) is 3.68. The van der Waals surface area contributed by atoms with Gasteiger partial charge in [0.25, 0.3) is 0 Å². The largest absolute Gasteiger partial charge is 0.478 e. The molecule has 0 radical (unpaired) electrons. The van der Waals surface area contributed by atoms with E-state index >= 15 is 0 Å². The lowest BCUT2D eigenvalue weighted by atomic mass is 10.2. The van der Waals surface area contributed by atoms with Crippen molar-refractivity contribution in [3.8, 4) is 0 Å². The van der Waals surface area contributed by atoms with E-state index in [1.54, 1.807) is 11.6 Å². The molecule has 0 aromatic carbocycles. The Labute approximate surface area is 73.7 Å². The number of nitrogens with zero attached hydrogens (tertiary/aromatic N) is 3. The molecule has 5 heteroatoms. The third-order valence-corrected chi connectivity index (χ3v) is 1.87. The van der Waals surface area contributed by atoms with Gasteiger partial charge in [-0.3, -0.25) is 0 Å². The van der Waals surface area contributed by atoms with E-state index in [1.807, 2.05) is 0 Å². The van der Waals surface area contributed by atoms with Gasteiger partial charge < -0.3 is 9.67 Å². The number of fused-ring (bicyclic) bond motifs is 1. The Kier molecular flexibility index (Phi) is 1.51. The van der Waals surface area contributed by atoms with Crippen molar-refractivity contribution in [3.63, 3.8) is 0 Å². The second-order valence-electron chi connectivity index (χ2n) is 2.72. The van der Waals surface area contributed by atoms with Crippen LogP contribution in [0.3, 0.4) is 0 Å². The highest BCUT2D eigenvalue weighted by atomic mass is 16.4. The fourth-order valence-electron chi connectivity index (χ4n) is 1.29. The first kappa shape index (κ1) is 7.72. The van der Waals surface area contributed by atoms with E-state index < -0.39 is 5.97 Å². The van der Waals surface area contributed by atoms with Gasteiger partial charge in [-0.15, -0.1) is 0 Å². The summed E-state index contributed by atoms with van der Waals surface area (Å²) in [5.74, 6) is -0.958. The van der Waals surface area contributed by atoms with E-state index in [0.29, 0.717) is 11.0 Å². The molecule has 0 unspecified atom stereocenters. The predicted octanol–water partition coefficient (Wildman–Crippen LogP) is 0.666.